The fraction of sp³-hybridized carbons (Fsp3) is 0.462. The third-order valence-corrected chi connectivity index (χ3v) is 5.82. The van der Waals surface area contributed by atoms with E-state index < -0.39 is 9.84 Å². The third-order valence-electron chi connectivity index (χ3n) is 3.51. The molecular formula is C13H16Cl2N2O3S. The minimum atomic E-state index is -3.01. The number of hydrogen-bond donors (Lipinski definition) is 1. The number of sulfone groups is 1. The maximum atomic E-state index is 12.1. The van der Waals surface area contributed by atoms with E-state index in [1.54, 1.807) is 25.2 Å². The highest BCUT2D eigenvalue weighted by atomic mass is 35.5. The van der Waals surface area contributed by atoms with E-state index >= 15 is 0 Å². The maximum absolute atomic E-state index is 12.1. The van der Waals surface area contributed by atoms with E-state index in [1.165, 1.54) is 4.90 Å². The van der Waals surface area contributed by atoms with Gasteiger partial charge in [0, 0.05) is 18.1 Å². The smallest absolute Gasteiger partial charge is 0.241 e. The van der Waals surface area contributed by atoms with Crippen LogP contribution in [0.15, 0.2) is 18.2 Å². The molecule has 1 fully saturated rings. The zero-order valence-electron chi connectivity index (χ0n) is 11.5. The van der Waals surface area contributed by atoms with Crippen LogP contribution < -0.4 is 5.32 Å². The summed E-state index contributed by atoms with van der Waals surface area (Å²) in [5.41, 5.74) is 0.574. The summed E-state index contributed by atoms with van der Waals surface area (Å²) in [6.45, 7) is 0.0348. The molecule has 0 saturated carbocycles. The van der Waals surface area contributed by atoms with Crippen LogP contribution in [0.3, 0.4) is 0 Å². The molecule has 0 bridgehead atoms. The van der Waals surface area contributed by atoms with Crippen molar-refractivity contribution in [3.8, 4) is 0 Å². The van der Waals surface area contributed by atoms with Crippen LogP contribution in [0.2, 0.25) is 10.0 Å². The summed E-state index contributed by atoms with van der Waals surface area (Å²) >= 11 is 11.9. The second kappa shape index (κ2) is 6.42. The summed E-state index contributed by atoms with van der Waals surface area (Å²) in [7, 11) is -1.39. The van der Waals surface area contributed by atoms with Gasteiger partial charge in [-0.25, -0.2) is 8.42 Å². The van der Waals surface area contributed by atoms with Crippen molar-refractivity contribution in [2.45, 2.75) is 12.5 Å². The Balaban J connectivity index is 1.94. The van der Waals surface area contributed by atoms with E-state index in [2.05, 4.69) is 5.32 Å². The molecule has 1 heterocycles. The largest absolute Gasteiger partial charge is 0.375 e. The highest BCUT2D eigenvalue weighted by Gasteiger charge is 2.32. The predicted molar refractivity (Wildman–Crippen MR) is 84.8 cm³/mol. The first-order valence-corrected chi connectivity index (χ1v) is 9.01. The molecule has 8 heteroatoms. The minimum absolute atomic E-state index is 0.0348. The van der Waals surface area contributed by atoms with Crippen molar-refractivity contribution in [2.75, 3.05) is 30.4 Å². The van der Waals surface area contributed by atoms with Crippen LogP contribution in [-0.4, -0.2) is 50.4 Å². The van der Waals surface area contributed by atoms with Crippen molar-refractivity contribution >= 4 is 44.6 Å². The molecule has 1 amide bonds. The molecule has 1 unspecified atom stereocenters. The van der Waals surface area contributed by atoms with Gasteiger partial charge in [-0.1, -0.05) is 23.2 Å². The Morgan fingerprint density at radius 1 is 1.43 bits per heavy atom. The van der Waals surface area contributed by atoms with Crippen molar-refractivity contribution in [1.29, 1.82) is 0 Å². The molecule has 116 valence electrons. The molecule has 1 aromatic rings. The molecule has 1 aliphatic heterocycles. The van der Waals surface area contributed by atoms with Gasteiger partial charge in [-0.2, -0.15) is 0 Å². The molecule has 0 aromatic heterocycles. The first-order chi connectivity index (χ1) is 9.78. The number of hydrogen-bond acceptors (Lipinski definition) is 4. The van der Waals surface area contributed by atoms with Gasteiger partial charge in [-0.15, -0.1) is 0 Å². The molecule has 21 heavy (non-hydrogen) atoms. The van der Waals surface area contributed by atoms with E-state index in [0.717, 1.165) is 0 Å². The Morgan fingerprint density at radius 2 is 2.14 bits per heavy atom. The summed E-state index contributed by atoms with van der Waals surface area (Å²) < 4.78 is 22.9. The summed E-state index contributed by atoms with van der Waals surface area (Å²) in [5.74, 6) is -0.0103. The van der Waals surface area contributed by atoms with Crippen LogP contribution in [0.4, 0.5) is 5.69 Å². The molecule has 1 saturated heterocycles. The van der Waals surface area contributed by atoms with Gasteiger partial charge < -0.3 is 10.2 Å². The summed E-state index contributed by atoms with van der Waals surface area (Å²) in [6, 6.07) is 4.69. The number of likely N-dealkylation sites (N-methyl/N-ethyl adjacent to an activating group) is 1. The van der Waals surface area contributed by atoms with Crippen LogP contribution in [-0.2, 0) is 14.6 Å². The molecular weight excluding hydrogens is 335 g/mol. The molecule has 0 aliphatic carbocycles. The third kappa shape index (κ3) is 4.25. The SMILES string of the molecule is CN(C(=O)CNc1cc(Cl)ccc1Cl)C1CCS(=O)(=O)C1. The predicted octanol–water partition coefficient (Wildman–Crippen LogP) is 2.05. The number of anilines is 1. The molecule has 0 radical (unpaired) electrons. The van der Waals surface area contributed by atoms with Gasteiger partial charge >= 0.3 is 0 Å². The molecule has 5 nitrogen and oxygen atoms in total. The van der Waals surface area contributed by atoms with Gasteiger partial charge in [0.2, 0.25) is 5.91 Å². The second-order valence-corrected chi connectivity index (χ2v) is 8.11. The van der Waals surface area contributed by atoms with Crippen molar-refractivity contribution in [2.24, 2.45) is 0 Å². The van der Waals surface area contributed by atoms with Gasteiger partial charge in [0.25, 0.3) is 0 Å². The van der Waals surface area contributed by atoms with E-state index in [-0.39, 0.29) is 30.0 Å². The number of benzene rings is 1. The molecule has 1 atom stereocenters. The summed E-state index contributed by atoms with van der Waals surface area (Å²) in [6.07, 6.45) is 0.489. The zero-order chi connectivity index (χ0) is 15.6. The van der Waals surface area contributed by atoms with Crippen molar-refractivity contribution in [3.63, 3.8) is 0 Å². The lowest BCUT2D eigenvalue weighted by Gasteiger charge is -2.23. The van der Waals surface area contributed by atoms with Crippen molar-refractivity contribution in [3.05, 3.63) is 28.2 Å². The average Bonchev–Trinajstić information content (AvgIpc) is 2.79. The maximum Gasteiger partial charge on any atom is 0.241 e. The van der Waals surface area contributed by atoms with Gasteiger partial charge in [0.05, 0.1) is 28.8 Å². The number of amides is 1. The first-order valence-electron chi connectivity index (χ1n) is 6.43. The topological polar surface area (TPSA) is 66.5 Å². The Morgan fingerprint density at radius 3 is 2.76 bits per heavy atom. The minimum Gasteiger partial charge on any atom is -0.375 e. The number of carbonyl (C=O) groups is 1. The fourth-order valence-corrected chi connectivity index (χ4v) is 4.34. The quantitative estimate of drug-likeness (QED) is 0.902. The summed E-state index contributed by atoms with van der Waals surface area (Å²) in [5, 5.41) is 3.91. The Kier molecular flexibility index (Phi) is 5.01. The Labute approximate surface area is 134 Å². The number of rotatable bonds is 4. The van der Waals surface area contributed by atoms with E-state index in [9.17, 15) is 13.2 Å². The molecule has 1 aliphatic rings. The highest BCUT2D eigenvalue weighted by molar-refractivity contribution is 7.91. The average molecular weight is 351 g/mol. The van der Waals surface area contributed by atoms with E-state index in [1.807, 2.05) is 0 Å². The van der Waals surface area contributed by atoms with Crippen LogP contribution in [0, 0.1) is 0 Å². The van der Waals surface area contributed by atoms with Crippen LogP contribution in [0.1, 0.15) is 6.42 Å². The Hall–Kier alpha value is -0.980. The zero-order valence-corrected chi connectivity index (χ0v) is 13.8. The van der Waals surface area contributed by atoms with Crippen molar-refractivity contribution < 1.29 is 13.2 Å². The molecule has 1 N–H and O–H groups in total. The van der Waals surface area contributed by atoms with Crippen molar-refractivity contribution in [1.82, 2.24) is 4.90 Å². The lowest BCUT2D eigenvalue weighted by molar-refractivity contribution is -0.129. The van der Waals surface area contributed by atoms with Gasteiger partial charge in [0.15, 0.2) is 9.84 Å². The standard InChI is InChI=1S/C13H16Cl2N2O3S/c1-17(10-4-5-21(19,20)8-10)13(18)7-16-12-6-9(14)2-3-11(12)15/h2-3,6,10,16H,4-5,7-8H2,1H3. The number of halogens is 2. The monoisotopic (exact) mass is 350 g/mol. The van der Waals surface area contributed by atoms with Gasteiger partial charge in [0.1, 0.15) is 0 Å². The Bertz CT molecular complexity index is 649. The second-order valence-electron chi connectivity index (χ2n) is 5.04. The van der Waals surface area contributed by atoms with Crippen LogP contribution >= 0.6 is 23.2 Å². The summed E-state index contributed by atoms with van der Waals surface area (Å²) in [4.78, 5) is 13.6. The molecule has 1 aromatic carbocycles. The van der Waals surface area contributed by atoms with Crippen LogP contribution in [0.5, 0.6) is 0 Å². The fourth-order valence-electron chi connectivity index (χ4n) is 2.21. The normalized spacial score (nSPS) is 20.2. The van der Waals surface area contributed by atoms with Crippen LogP contribution in [0.25, 0.3) is 0 Å². The molecule has 2 rings (SSSR count). The lowest BCUT2D eigenvalue weighted by Crippen LogP contribution is -2.40. The number of carbonyl (C=O) groups excluding carboxylic acids is 1. The van der Waals surface area contributed by atoms with Gasteiger partial charge in [-0.05, 0) is 24.6 Å². The van der Waals surface area contributed by atoms with E-state index in [0.29, 0.717) is 22.2 Å². The number of nitrogens with zero attached hydrogens (tertiary/aromatic N) is 1. The molecule has 0 spiro atoms. The first kappa shape index (κ1) is 16.4. The lowest BCUT2D eigenvalue weighted by atomic mass is 10.2. The van der Waals surface area contributed by atoms with E-state index in [4.69, 9.17) is 23.2 Å². The van der Waals surface area contributed by atoms with Gasteiger partial charge in [-0.3, -0.25) is 4.79 Å². The highest BCUT2D eigenvalue weighted by Crippen LogP contribution is 2.25. The number of nitrogens with one attached hydrogen (secondary N) is 1.